The molecule has 17 heavy (non-hydrogen) atoms. The second-order valence-corrected chi connectivity index (χ2v) is 4.92. The number of nitrogens with one attached hydrogen (secondary N) is 1. The van der Waals surface area contributed by atoms with Crippen molar-refractivity contribution in [3.8, 4) is 0 Å². The molecule has 0 bridgehead atoms. The molecule has 1 heterocycles. The average Bonchev–Trinajstić information content (AvgIpc) is 2.83. The van der Waals surface area contributed by atoms with E-state index in [-0.39, 0.29) is 5.91 Å². The van der Waals surface area contributed by atoms with E-state index >= 15 is 0 Å². The second-order valence-electron chi connectivity index (χ2n) is 3.75. The highest BCUT2D eigenvalue weighted by Gasteiger charge is 2.08. The summed E-state index contributed by atoms with van der Waals surface area (Å²) in [6, 6.07) is 3.74. The Labute approximate surface area is 107 Å². The Morgan fingerprint density at radius 3 is 2.65 bits per heavy atom. The van der Waals surface area contributed by atoms with Gasteiger partial charge < -0.3 is 16.0 Å². The molecule has 1 rings (SSSR count). The SMILES string of the molecule is CCN(CC)CCNC(=O)c1ccc(CN)s1. The van der Waals surface area contributed by atoms with Crippen molar-refractivity contribution in [1.29, 1.82) is 0 Å². The lowest BCUT2D eigenvalue weighted by Gasteiger charge is -2.17. The van der Waals surface area contributed by atoms with Crippen molar-refractivity contribution < 1.29 is 4.79 Å². The highest BCUT2D eigenvalue weighted by molar-refractivity contribution is 7.14. The number of rotatable bonds is 7. The molecule has 1 aromatic heterocycles. The van der Waals surface area contributed by atoms with Crippen LogP contribution >= 0.6 is 11.3 Å². The first kappa shape index (κ1) is 14.2. The summed E-state index contributed by atoms with van der Waals surface area (Å²) in [6.07, 6.45) is 0. The summed E-state index contributed by atoms with van der Waals surface area (Å²) in [5.74, 6) is 0.00172. The van der Waals surface area contributed by atoms with E-state index in [1.165, 1.54) is 11.3 Å². The molecule has 0 atom stereocenters. The first-order valence-electron chi connectivity index (χ1n) is 6.00. The van der Waals surface area contributed by atoms with Crippen molar-refractivity contribution in [1.82, 2.24) is 10.2 Å². The van der Waals surface area contributed by atoms with Gasteiger partial charge in [0.05, 0.1) is 4.88 Å². The quantitative estimate of drug-likeness (QED) is 0.771. The van der Waals surface area contributed by atoms with E-state index in [1.807, 2.05) is 12.1 Å². The van der Waals surface area contributed by atoms with Crippen LogP contribution in [-0.4, -0.2) is 37.0 Å². The molecular formula is C12H21N3OS. The number of hydrogen-bond donors (Lipinski definition) is 2. The van der Waals surface area contributed by atoms with E-state index in [4.69, 9.17) is 5.73 Å². The Morgan fingerprint density at radius 2 is 2.12 bits per heavy atom. The number of thiophene rings is 1. The Hall–Kier alpha value is -0.910. The van der Waals surface area contributed by atoms with Crippen LogP contribution in [0.4, 0.5) is 0 Å². The minimum Gasteiger partial charge on any atom is -0.350 e. The lowest BCUT2D eigenvalue weighted by molar-refractivity contribution is 0.0953. The normalized spacial score (nSPS) is 10.8. The van der Waals surface area contributed by atoms with Gasteiger partial charge in [-0.1, -0.05) is 13.8 Å². The molecular weight excluding hydrogens is 234 g/mol. The molecule has 5 heteroatoms. The van der Waals surface area contributed by atoms with Gasteiger partial charge in [-0.15, -0.1) is 11.3 Å². The standard InChI is InChI=1S/C12H21N3OS/c1-3-15(4-2)8-7-14-12(16)11-6-5-10(9-13)17-11/h5-6H,3-4,7-9,13H2,1-2H3,(H,14,16). The van der Waals surface area contributed by atoms with Crippen molar-refractivity contribution >= 4 is 17.2 Å². The van der Waals surface area contributed by atoms with Crippen LogP contribution in [0.25, 0.3) is 0 Å². The van der Waals surface area contributed by atoms with Gasteiger partial charge in [-0.2, -0.15) is 0 Å². The summed E-state index contributed by atoms with van der Waals surface area (Å²) in [4.78, 5) is 15.8. The van der Waals surface area contributed by atoms with Crippen molar-refractivity contribution in [3.63, 3.8) is 0 Å². The molecule has 0 radical (unpaired) electrons. The Morgan fingerprint density at radius 1 is 1.41 bits per heavy atom. The lowest BCUT2D eigenvalue weighted by atomic mass is 10.4. The number of hydrogen-bond acceptors (Lipinski definition) is 4. The second kappa shape index (κ2) is 7.42. The predicted molar refractivity (Wildman–Crippen MR) is 72.3 cm³/mol. The van der Waals surface area contributed by atoms with E-state index in [0.717, 1.165) is 29.4 Å². The van der Waals surface area contributed by atoms with Gasteiger partial charge in [0.15, 0.2) is 0 Å². The van der Waals surface area contributed by atoms with Crippen LogP contribution in [0.5, 0.6) is 0 Å². The third-order valence-corrected chi connectivity index (χ3v) is 3.80. The Kier molecular flexibility index (Phi) is 6.18. The summed E-state index contributed by atoms with van der Waals surface area (Å²) in [5.41, 5.74) is 5.51. The molecule has 0 aliphatic rings. The number of amides is 1. The number of nitrogens with zero attached hydrogens (tertiary/aromatic N) is 1. The zero-order chi connectivity index (χ0) is 12.7. The topological polar surface area (TPSA) is 58.4 Å². The monoisotopic (exact) mass is 255 g/mol. The van der Waals surface area contributed by atoms with Crippen LogP contribution in [0.15, 0.2) is 12.1 Å². The molecule has 0 fully saturated rings. The van der Waals surface area contributed by atoms with Crippen LogP contribution in [-0.2, 0) is 6.54 Å². The largest absolute Gasteiger partial charge is 0.350 e. The highest BCUT2D eigenvalue weighted by atomic mass is 32.1. The fourth-order valence-electron chi connectivity index (χ4n) is 1.56. The maximum absolute atomic E-state index is 11.8. The zero-order valence-electron chi connectivity index (χ0n) is 10.5. The molecule has 0 aliphatic heterocycles. The van der Waals surface area contributed by atoms with Crippen LogP contribution in [0.3, 0.4) is 0 Å². The summed E-state index contributed by atoms with van der Waals surface area (Å²) >= 11 is 1.46. The summed E-state index contributed by atoms with van der Waals surface area (Å²) in [7, 11) is 0. The summed E-state index contributed by atoms with van der Waals surface area (Å²) < 4.78 is 0. The van der Waals surface area contributed by atoms with Gasteiger partial charge in [0, 0.05) is 24.5 Å². The van der Waals surface area contributed by atoms with E-state index in [0.29, 0.717) is 13.1 Å². The van der Waals surface area contributed by atoms with E-state index in [2.05, 4.69) is 24.1 Å². The molecule has 4 nitrogen and oxygen atoms in total. The van der Waals surface area contributed by atoms with Gasteiger partial charge in [-0.3, -0.25) is 4.79 Å². The van der Waals surface area contributed by atoms with Crippen LogP contribution in [0.1, 0.15) is 28.4 Å². The fourth-order valence-corrected chi connectivity index (χ4v) is 2.37. The minimum absolute atomic E-state index is 0.00172. The van der Waals surface area contributed by atoms with Gasteiger partial charge in [0.2, 0.25) is 0 Å². The number of carbonyl (C=O) groups is 1. The highest BCUT2D eigenvalue weighted by Crippen LogP contribution is 2.15. The maximum Gasteiger partial charge on any atom is 0.261 e. The molecule has 0 unspecified atom stereocenters. The van der Waals surface area contributed by atoms with Crippen LogP contribution in [0, 0.1) is 0 Å². The van der Waals surface area contributed by atoms with Crippen LogP contribution in [0.2, 0.25) is 0 Å². The first-order chi connectivity index (χ1) is 8.21. The van der Waals surface area contributed by atoms with Gasteiger partial charge in [0.25, 0.3) is 5.91 Å². The fraction of sp³-hybridized carbons (Fsp3) is 0.583. The van der Waals surface area contributed by atoms with Gasteiger partial charge in [-0.05, 0) is 25.2 Å². The summed E-state index contributed by atoms with van der Waals surface area (Å²) in [5, 5.41) is 2.92. The van der Waals surface area contributed by atoms with E-state index in [1.54, 1.807) is 0 Å². The molecule has 0 saturated heterocycles. The van der Waals surface area contributed by atoms with E-state index in [9.17, 15) is 4.79 Å². The average molecular weight is 255 g/mol. The molecule has 0 saturated carbocycles. The zero-order valence-corrected chi connectivity index (χ0v) is 11.3. The maximum atomic E-state index is 11.8. The molecule has 96 valence electrons. The molecule has 0 aliphatic carbocycles. The predicted octanol–water partition coefficient (Wildman–Crippen LogP) is 1.28. The first-order valence-corrected chi connectivity index (χ1v) is 6.82. The van der Waals surface area contributed by atoms with Crippen molar-refractivity contribution in [2.75, 3.05) is 26.2 Å². The smallest absolute Gasteiger partial charge is 0.261 e. The number of nitrogens with two attached hydrogens (primary N) is 1. The van der Waals surface area contributed by atoms with Gasteiger partial charge >= 0.3 is 0 Å². The van der Waals surface area contributed by atoms with Crippen molar-refractivity contribution in [2.24, 2.45) is 5.73 Å². The molecule has 3 N–H and O–H groups in total. The van der Waals surface area contributed by atoms with Crippen LogP contribution < -0.4 is 11.1 Å². The van der Waals surface area contributed by atoms with Crippen molar-refractivity contribution in [3.05, 3.63) is 21.9 Å². The summed E-state index contributed by atoms with van der Waals surface area (Å²) in [6.45, 7) is 8.36. The lowest BCUT2D eigenvalue weighted by Crippen LogP contribution is -2.34. The van der Waals surface area contributed by atoms with E-state index < -0.39 is 0 Å². The molecule has 0 aromatic carbocycles. The molecule has 1 amide bonds. The number of carbonyl (C=O) groups excluding carboxylic acids is 1. The molecule has 1 aromatic rings. The third kappa shape index (κ3) is 4.46. The minimum atomic E-state index is 0.00172. The Bertz CT molecular complexity index is 347. The van der Waals surface area contributed by atoms with Gasteiger partial charge in [-0.25, -0.2) is 0 Å². The Balaban J connectivity index is 2.34. The molecule has 0 spiro atoms. The third-order valence-electron chi connectivity index (χ3n) is 2.69. The van der Waals surface area contributed by atoms with Gasteiger partial charge in [0.1, 0.15) is 0 Å². The number of likely N-dealkylation sites (N-methyl/N-ethyl adjacent to an activating group) is 1. The van der Waals surface area contributed by atoms with Crippen molar-refractivity contribution in [2.45, 2.75) is 20.4 Å².